The van der Waals surface area contributed by atoms with Gasteiger partial charge in [-0.25, -0.2) is 9.97 Å². The van der Waals surface area contributed by atoms with Gasteiger partial charge < -0.3 is 10.4 Å². The monoisotopic (exact) mass is 464 g/mol. The van der Waals surface area contributed by atoms with Crippen LogP contribution in [0.25, 0.3) is 10.2 Å². The molecular formula is C19H20N4O4S3. The fraction of sp³-hybridized carbons (Fsp3) is 0.421. The van der Waals surface area contributed by atoms with Crippen molar-refractivity contribution in [2.24, 2.45) is 11.8 Å². The predicted octanol–water partition coefficient (Wildman–Crippen LogP) is 3.54. The zero-order chi connectivity index (χ0) is 21.1. The van der Waals surface area contributed by atoms with E-state index in [1.807, 2.05) is 11.4 Å². The van der Waals surface area contributed by atoms with Crippen LogP contribution >= 0.6 is 34.4 Å². The SMILES string of the molecule is O=C(CSc1nc2ccsc2c(=O)n1CC1CCC(C(=O)O)CC1)Nc1nccs1. The number of aromatic nitrogens is 3. The number of fused-ring (bicyclic) bond motifs is 1. The molecule has 3 heterocycles. The number of hydrogen-bond acceptors (Lipinski definition) is 8. The Kier molecular flexibility index (Phi) is 6.49. The molecule has 0 aliphatic heterocycles. The van der Waals surface area contributed by atoms with Crippen LogP contribution in [0.2, 0.25) is 0 Å². The molecule has 4 rings (SSSR count). The average Bonchev–Trinajstić information content (AvgIpc) is 3.41. The minimum Gasteiger partial charge on any atom is -0.481 e. The van der Waals surface area contributed by atoms with Crippen molar-refractivity contribution in [1.82, 2.24) is 14.5 Å². The highest BCUT2D eigenvalue weighted by molar-refractivity contribution is 7.99. The van der Waals surface area contributed by atoms with Crippen molar-refractivity contribution < 1.29 is 14.7 Å². The number of nitrogens with zero attached hydrogens (tertiary/aromatic N) is 3. The quantitative estimate of drug-likeness (QED) is 0.406. The van der Waals surface area contributed by atoms with Crippen molar-refractivity contribution in [3.8, 4) is 0 Å². The molecule has 1 aliphatic carbocycles. The van der Waals surface area contributed by atoms with E-state index in [4.69, 9.17) is 0 Å². The number of anilines is 1. The summed E-state index contributed by atoms with van der Waals surface area (Å²) < 4.78 is 2.26. The molecule has 2 N–H and O–H groups in total. The molecule has 3 aromatic heterocycles. The minimum atomic E-state index is -0.741. The molecule has 0 bridgehead atoms. The van der Waals surface area contributed by atoms with Gasteiger partial charge in [0.2, 0.25) is 5.91 Å². The zero-order valence-electron chi connectivity index (χ0n) is 15.9. The maximum absolute atomic E-state index is 13.1. The molecule has 0 saturated heterocycles. The van der Waals surface area contributed by atoms with Crippen LogP contribution in [0.5, 0.6) is 0 Å². The van der Waals surface area contributed by atoms with Crippen LogP contribution in [0.3, 0.4) is 0 Å². The predicted molar refractivity (Wildman–Crippen MR) is 118 cm³/mol. The largest absolute Gasteiger partial charge is 0.481 e. The van der Waals surface area contributed by atoms with E-state index < -0.39 is 5.97 Å². The Morgan fingerprint density at radius 2 is 2.03 bits per heavy atom. The Hall–Kier alpha value is -2.24. The summed E-state index contributed by atoms with van der Waals surface area (Å²) in [5.74, 6) is -0.897. The van der Waals surface area contributed by atoms with Crippen LogP contribution in [0.4, 0.5) is 5.13 Å². The molecule has 0 unspecified atom stereocenters. The topological polar surface area (TPSA) is 114 Å². The first-order valence-electron chi connectivity index (χ1n) is 9.54. The van der Waals surface area contributed by atoms with Gasteiger partial charge >= 0.3 is 5.97 Å². The highest BCUT2D eigenvalue weighted by Gasteiger charge is 2.27. The summed E-state index contributed by atoms with van der Waals surface area (Å²) in [6.45, 7) is 0.489. The standard InChI is InChI=1S/C19H20N4O4S3/c24-14(22-18-20-6-8-29-18)10-30-19-21-13-5-7-28-15(13)16(25)23(19)9-11-1-3-12(4-2-11)17(26)27/h5-8,11-12H,1-4,9-10H2,(H,26,27)(H,20,22,24). The molecule has 1 saturated carbocycles. The van der Waals surface area contributed by atoms with Gasteiger partial charge in [-0.2, -0.15) is 0 Å². The van der Waals surface area contributed by atoms with Crippen molar-refractivity contribution in [3.63, 3.8) is 0 Å². The molecule has 30 heavy (non-hydrogen) atoms. The van der Waals surface area contributed by atoms with Gasteiger partial charge in [-0.15, -0.1) is 22.7 Å². The van der Waals surface area contributed by atoms with Crippen LogP contribution in [-0.2, 0) is 16.1 Å². The normalized spacial score (nSPS) is 19.1. The molecule has 0 aromatic carbocycles. The molecule has 1 fully saturated rings. The molecular weight excluding hydrogens is 444 g/mol. The van der Waals surface area contributed by atoms with Crippen LogP contribution in [0.1, 0.15) is 25.7 Å². The summed E-state index contributed by atoms with van der Waals surface area (Å²) in [4.78, 5) is 45.2. The van der Waals surface area contributed by atoms with Gasteiger partial charge in [0.15, 0.2) is 10.3 Å². The Morgan fingerprint density at radius 3 is 2.73 bits per heavy atom. The van der Waals surface area contributed by atoms with E-state index in [1.54, 1.807) is 16.1 Å². The van der Waals surface area contributed by atoms with E-state index >= 15 is 0 Å². The number of aliphatic carboxylic acids is 1. The van der Waals surface area contributed by atoms with Gasteiger partial charge in [0.1, 0.15) is 4.70 Å². The number of carboxylic acid groups (broad SMARTS) is 1. The molecule has 0 atom stereocenters. The van der Waals surface area contributed by atoms with Crippen molar-refractivity contribution >= 4 is 61.7 Å². The van der Waals surface area contributed by atoms with E-state index in [2.05, 4.69) is 15.3 Å². The Balaban J connectivity index is 1.51. The van der Waals surface area contributed by atoms with E-state index in [9.17, 15) is 19.5 Å². The fourth-order valence-electron chi connectivity index (χ4n) is 3.62. The van der Waals surface area contributed by atoms with Gasteiger partial charge in [0.25, 0.3) is 5.56 Å². The smallest absolute Gasteiger partial charge is 0.306 e. The number of hydrogen-bond donors (Lipinski definition) is 2. The molecule has 0 spiro atoms. The summed E-state index contributed by atoms with van der Waals surface area (Å²) in [7, 11) is 0. The number of carboxylic acids is 1. The van der Waals surface area contributed by atoms with Gasteiger partial charge in [-0.05, 0) is 43.0 Å². The zero-order valence-corrected chi connectivity index (χ0v) is 18.4. The molecule has 1 amide bonds. The van der Waals surface area contributed by atoms with Gasteiger partial charge in [-0.1, -0.05) is 11.8 Å². The number of amides is 1. The summed E-state index contributed by atoms with van der Waals surface area (Å²) in [6, 6.07) is 1.81. The van der Waals surface area contributed by atoms with Gasteiger partial charge in [0.05, 0.1) is 17.2 Å². The third-order valence-corrected chi connectivity index (χ3v) is 7.74. The number of thiazole rings is 1. The first kappa shape index (κ1) is 21.0. The summed E-state index contributed by atoms with van der Waals surface area (Å²) in [5, 5.41) is 16.6. The Morgan fingerprint density at radius 1 is 1.23 bits per heavy atom. The van der Waals surface area contributed by atoms with Crippen LogP contribution in [0, 0.1) is 11.8 Å². The molecule has 8 nitrogen and oxygen atoms in total. The maximum atomic E-state index is 13.1. The second-order valence-corrected chi connectivity index (χ2v) is 9.93. The minimum absolute atomic E-state index is 0.0989. The van der Waals surface area contributed by atoms with E-state index in [-0.39, 0.29) is 29.1 Å². The molecule has 11 heteroatoms. The number of nitrogens with one attached hydrogen (secondary N) is 1. The van der Waals surface area contributed by atoms with E-state index in [1.165, 1.54) is 34.4 Å². The molecule has 158 valence electrons. The van der Waals surface area contributed by atoms with Crippen molar-refractivity contribution in [2.75, 3.05) is 11.1 Å². The van der Waals surface area contributed by atoms with E-state index in [0.717, 1.165) is 12.8 Å². The van der Waals surface area contributed by atoms with Crippen LogP contribution < -0.4 is 10.9 Å². The third kappa shape index (κ3) is 4.73. The molecule has 3 aromatic rings. The number of thiophene rings is 1. The molecule has 1 aliphatic rings. The first-order chi connectivity index (χ1) is 14.5. The van der Waals surface area contributed by atoms with Crippen molar-refractivity contribution in [3.05, 3.63) is 33.4 Å². The highest BCUT2D eigenvalue weighted by atomic mass is 32.2. The third-order valence-electron chi connectivity index (χ3n) is 5.18. The maximum Gasteiger partial charge on any atom is 0.306 e. The number of rotatable bonds is 7. The molecule has 0 radical (unpaired) electrons. The van der Waals surface area contributed by atoms with Crippen molar-refractivity contribution in [1.29, 1.82) is 0 Å². The first-order valence-corrected chi connectivity index (χ1v) is 12.3. The van der Waals surface area contributed by atoms with Crippen LogP contribution in [0.15, 0.2) is 33.0 Å². The van der Waals surface area contributed by atoms with Gasteiger partial charge in [0, 0.05) is 18.1 Å². The summed E-state index contributed by atoms with van der Waals surface area (Å²) in [5.41, 5.74) is 0.539. The van der Waals surface area contributed by atoms with Gasteiger partial charge in [-0.3, -0.25) is 19.0 Å². The number of carbonyl (C=O) groups is 2. The highest BCUT2D eigenvalue weighted by Crippen LogP contribution is 2.31. The fourth-order valence-corrected chi connectivity index (χ4v) is 5.75. The lowest BCUT2D eigenvalue weighted by Gasteiger charge is -2.27. The second-order valence-electron chi connectivity index (χ2n) is 7.18. The summed E-state index contributed by atoms with van der Waals surface area (Å²) >= 11 is 3.94. The number of carbonyl (C=O) groups excluding carboxylic acids is 1. The Labute approximate surface area is 184 Å². The lowest BCUT2D eigenvalue weighted by Crippen LogP contribution is -2.30. The summed E-state index contributed by atoms with van der Waals surface area (Å²) in [6.07, 6.45) is 4.40. The second kappa shape index (κ2) is 9.27. The van der Waals surface area contributed by atoms with E-state index in [0.29, 0.717) is 39.9 Å². The Bertz CT molecular complexity index is 1100. The van der Waals surface area contributed by atoms with Crippen molar-refractivity contribution in [2.45, 2.75) is 37.4 Å². The average molecular weight is 465 g/mol. The number of thioether (sulfide) groups is 1. The van der Waals surface area contributed by atoms with Crippen LogP contribution in [-0.4, -0.2) is 37.3 Å². The lowest BCUT2D eigenvalue weighted by atomic mass is 9.82. The lowest BCUT2D eigenvalue weighted by molar-refractivity contribution is -0.143.